The molecule has 3 rings (SSSR count). The molecule has 2 aromatic rings. The van der Waals surface area contributed by atoms with Crippen molar-refractivity contribution in [1.82, 2.24) is 14.8 Å². The first-order valence-corrected chi connectivity index (χ1v) is 9.22. The Kier molecular flexibility index (Phi) is 5.50. The molecule has 1 saturated heterocycles. The first-order valence-electron chi connectivity index (χ1n) is 8.34. The van der Waals surface area contributed by atoms with Crippen molar-refractivity contribution < 1.29 is 23.5 Å². The molecule has 1 aliphatic rings. The number of rotatable bonds is 7. The second-order valence-corrected chi connectivity index (χ2v) is 7.40. The summed E-state index contributed by atoms with van der Waals surface area (Å²) in [4.78, 5) is 42.6. The first kappa shape index (κ1) is 19.0. The van der Waals surface area contributed by atoms with Crippen molar-refractivity contribution in [3.05, 3.63) is 46.2 Å². The van der Waals surface area contributed by atoms with Gasteiger partial charge >= 0.3 is 17.8 Å². The summed E-state index contributed by atoms with van der Waals surface area (Å²) in [5, 5.41) is 2.35. The number of imide groups is 2. The van der Waals surface area contributed by atoms with E-state index >= 15 is 0 Å². The highest BCUT2D eigenvalue weighted by Crippen LogP contribution is 2.20. The van der Waals surface area contributed by atoms with Gasteiger partial charge in [-0.1, -0.05) is 13.8 Å². The zero-order valence-electron chi connectivity index (χ0n) is 14.8. The number of carbonyl (C=O) groups excluding carboxylic acids is 3. The number of amides is 4. The lowest BCUT2D eigenvalue weighted by Gasteiger charge is -2.16. The molecule has 4 amide bonds. The summed E-state index contributed by atoms with van der Waals surface area (Å²) in [6.45, 7) is 4.04. The molecule has 27 heavy (non-hydrogen) atoms. The Morgan fingerprint density at radius 3 is 2.44 bits per heavy atom. The Morgan fingerprint density at radius 2 is 1.78 bits per heavy atom. The molecule has 0 saturated carbocycles. The summed E-state index contributed by atoms with van der Waals surface area (Å²) in [5.74, 6) is -1.41. The third kappa shape index (κ3) is 4.30. The highest BCUT2D eigenvalue weighted by molar-refractivity contribution is 7.09. The van der Waals surface area contributed by atoms with E-state index in [0.29, 0.717) is 16.5 Å². The van der Waals surface area contributed by atoms with Gasteiger partial charge in [0.05, 0.1) is 12.2 Å². The van der Waals surface area contributed by atoms with E-state index in [1.165, 1.54) is 35.6 Å². The van der Waals surface area contributed by atoms with Crippen molar-refractivity contribution in [3.63, 3.8) is 0 Å². The number of aromatic nitrogens is 1. The lowest BCUT2D eigenvalue weighted by molar-refractivity contribution is -0.143. The van der Waals surface area contributed by atoms with Crippen molar-refractivity contribution in [2.75, 3.05) is 6.54 Å². The van der Waals surface area contributed by atoms with Gasteiger partial charge in [0.2, 0.25) is 0 Å². The molecule has 0 bridgehead atoms. The van der Waals surface area contributed by atoms with Gasteiger partial charge in [-0.3, -0.25) is 14.5 Å². The van der Waals surface area contributed by atoms with Crippen LogP contribution in [0.25, 0.3) is 0 Å². The number of hydrogen-bond acceptors (Lipinski definition) is 6. The van der Waals surface area contributed by atoms with Gasteiger partial charge in [-0.15, -0.1) is 11.3 Å². The largest absolute Gasteiger partial charge is 0.486 e. The molecule has 0 radical (unpaired) electrons. The van der Waals surface area contributed by atoms with Crippen LogP contribution in [0.3, 0.4) is 0 Å². The number of halogens is 1. The summed E-state index contributed by atoms with van der Waals surface area (Å²) >= 11 is 1.31. The van der Waals surface area contributed by atoms with E-state index in [0.717, 1.165) is 9.80 Å². The number of carbonyl (C=O) groups is 3. The molecule has 0 atom stereocenters. The molecule has 1 aromatic heterocycles. The van der Waals surface area contributed by atoms with Crippen molar-refractivity contribution >= 4 is 29.2 Å². The van der Waals surface area contributed by atoms with Crippen LogP contribution >= 0.6 is 11.3 Å². The molecule has 0 spiro atoms. The third-order valence-corrected chi connectivity index (χ3v) is 4.65. The molecule has 2 heterocycles. The number of nitrogens with zero attached hydrogens (tertiary/aromatic N) is 3. The minimum absolute atomic E-state index is 0.0644. The maximum atomic E-state index is 12.9. The number of hydrogen-bond donors (Lipinski definition) is 0. The summed E-state index contributed by atoms with van der Waals surface area (Å²) in [5.41, 5.74) is 0.499. The normalized spacial score (nSPS) is 14.6. The molecule has 1 aromatic carbocycles. The minimum atomic E-state index is -0.835. The number of thiazole rings is 1. The molecular weight excluding hydrogens is 373 g/mol. The smallest absolute Gasteiger partial charge is 0.334 e. The van der Waals surface area contributed by atoms with E-state index in [1.807, 2.05) is 13.8 Å². The van der Waals surface area contributed by atoms with Crippen LogP contribution in [0.4, 0.5) is 9.18 Å². The van der Waals surface area contributed by atoms with Gasteiger partial charge in [0.15, 0.2) is 0 Å². The fraction of sp³-hybridized carbons (Fsp3) is 0.333. The maximum Gasteiger partial charge on any atom is 0.334 e. The number of urea groups is 1. The second kappa shape index (κ2) is 7.83. The third-order valence-electron chi connectivity index (χ3n) is 3.78. The molecule has 1 fully saturated rings. The van der Waals surface area contributed by atoms with Crippen LogP contribution in [0, 0.1) is 11.7 Å². The fourth-order valence-corrected chi connectivity index (χ4v) is 3.24. The van der Waals surface area contributed by atoms with Crippen LogP contribution in [0.1, 0.15) is 24.5 Å². The van der Waals surface area contributed by atoms with Gasteiger partial charge in [0.25, 0.3) is 0 Å². The van der Waals surface area contributed by atoms with Gasteiger partial charge in [0, 0.05) is 11.9 Å². The van der Waals surface area contributed by atoms with E-state index in [1.54, 1.807) is 5.38 Å². The van der Waals surface area contributed by atoms with Crippen LogP contribution in [-0.2, 0) is 22.7 Å². The SMILES string of the molecule is CC(C)CN1C(=O)C(=O)N(Cc2csc(COc3ccc(F)cc3)n2)C1=O. The van der Waals surface area contributed by atoms with Gasteiger partial charge < -0.3 is 4.74 Å². The zero-order valence-corrected chi connectivity index (χ0v) is 15.7. The highest BCUT2D eigenvalue weighted by atomic mass is 32.1. The average Bonchev–Trinajstić information content (AvgIpc) is 3.16. The van der Waals surface area contributed by atoms with Crippen LogP contribution in [0.15, 0.2) is 29.6 Å². The van der Waals surface area contributed by atoms with Crippen LogP contribution in [0.5, 0.6) is 5.75 Å². The predicted molar refractivity (Wildman–Crippen MR) is 95.3 cm³/mol. The van der Waals surface area contributed by atoms with Crippen molar-refractivity contribution in [2.24, 2.45) is 5.92 Å². The molecule has 1 aliphatic heterocycles. The lowest BCUT2D eigenvalue weighted by atomic mass is 10.2. The molecule has 9 heteroatoms. The topological polar surface area (TPSA) is 79.8 Å². The molecule has 7 nitrogen and oxygen atoms in total. The summed E-state index contributed by atoms with van der Waals surface area (Å²) in [6, 6.07) is 5.01. The Bertz CT molecular complexity index is 866. The van der Waals surface area contributed by atoms with Crippen LogP contribution < -0.4 is 4.74 Å². The van der Waals surface area contributed by atoms with Gasteiger partial charge in [-0.25, -0.2) is 19.1 Å². The Labute approximate surface area is 159 Å². The molecule has 0 unspecified atom stereocenters. The summed E-state index contributed by atoms with van der Waals surface area (Å²) in [6.07, 6.45) is 0. The van der Waals surface area contributed by atoms with Gasteiger partial charge in [-0.05, 0) is 30.2 Å². The maximum absolute atomic E-state index is 12.9. The standard InChI is InChI=1S/C18H18FN3O4S/c1-11(2)7-21-16(23)17(24)22(18(21)25)8-13-10-27-15(20-13)9-26-14-5-3-12(19)4-6-14/h3-6,10-11H,7-9H2,1-2H3. The second-order valence-electron chi connectivity index (χ2n) is 6.46. The quantitative estimate of drug-likeness (QED) is 0.536. The van der Waals surface area contributed by atoms with E-state index in [9.17, 15) is 18.8 Å². The monoisotopic (exact) mass is 391 g/mol. The van der Waals surface area contributed by atoms with Crippen molar-refractivity contribution in [1.29, 1.82) is 0 Å². The van der Waals surface area contributed by atoms with E-state index in [-0.39, 0.29) is 31.4 Å². The number of ether oxygens (including phenoxy) is 1. The van der Waals surface area contributed by atoms with E-state index < -0.39 is 17.8 Å². The summed E-state index contributed by atoms with van der Waals surface area (Å²) < 4.78 is 18.4. The predicted octanol–water partition coefficient (Wildman–Crippen LogP) is 2.81. The van der Waals surface area contributed by atoms with Gasteiger partial charge in [0.1, 0.15) is 23.2 Å². The van der Waals surface area contributed by atoms with Gasteiger partial charge in [-0.2, -0.15) is 0 Å². The Morgan fingerprint density at radius 1 is 1.11 bits per heavy atom. The molecular formula is C18H18FN3O4S. The zero-order chi connectivity index (χ0) is 19.6. The highest BCUT2D eigenvalue weighted by Gasteiger charge is 2.44. The molecule has 0 aliphatic carbocycles. The molecule has 0 N–H and O–H groups in total. The Balaban J connectivity index is 1.61. The van der Waals surface area contributed by atoms with Crippen LogP contribution in [0.2, 0.25) is 0 Å². The minimum Gasteiger partial charge on any atom is -0.486 e. The number of benzene rings is 1. The van der Waals surface area contributed by atoms with Crippen molar-refractivity contribution in [3.8, 4) is 5.75 Å². The van der Waals surface area contributed by atoms with Crippen molar-refractivity contribution in [2.45, 2.75) is 27.0 Å². The van der Waals surface area contributed by atoms with E-state index in [4.69, 9.17) is 4.74 Å². The lowest BCUT2D eigenvalue weighted by Crippen LogP contribution is -2.35. The van der Waals surface area contributed by atoms with Crippen LogP contribution in [-0.4, -0.2) is 39.2 Å². The summed E-state index contributed by atoms with van der Waals surface area (Å²) in [7, 11) is 0. The fourth-order valence-electron chi connectivity index (χ4n) is 2.54. The molecule has 142 valence electrons. The first-order chi connectivity index (χ1) is 12.8. The Hall–Kier alpha value is -2.81. The van der Waals surface area contributed by atoms with E-state index in [2.05, 4.69) is 4.98 Å². The average molecular weight is 391 g/mol.